The van der Waals surface area contributed by atoms with Gasteiger partial charge in [-0.25, -0.2) is 18.5 Å². The number of nitrogens with zero attached hydrogens (tertiary/aromatic N) is 1. The van der Waals surface area contributed by atoms with Gasteiger partial charge in [-0.15, -0.1) is 0 Å². The lowest BCUT2D eigenvalue weighted by Gasteiger charge is -2.40. The van der Waals surface area contributed by atoms with Crippen molar-refractivity contribution < 1.29 is 37.0 Å². The lowest BCUT2D eigenvalue weighted by atomic mass is 9.89. The van der Waals surface area contributed by atoms with Gasteiger partial charge in [0.1, 0.15) is 24.6 Å². The Bertz CT molecular complexity index is 1090. The lowest BCUT2D eigenvalue weighted by Crippen LogP contribution is -2.58. The van der Waals surface area contributed by atoms with Crippen molar-refractivity contribution in [2.45, 2.75) is 26.6 Å². The molecule has 0 aliphatic carbocycles. The molecule has 0 fully saturated rings. The average molecular weight is 452 g/mol. The van der Waals surface area contributed by atoms with E-state index in [0.29, 0.717) is 12.2 Å². The zero-order valence-corrected chi connectivity index (χ0v) is 17.5. The molecule has 1 aliphatic heterocycles. The number of benzene rings is 2. The summed E-state index contributed by atoms with van der Waals surface area (Å²) in [7, 11) is 0. The van der Waals surface area contributed by atoms with Crippen LogP contribution in [0, 0.1) is 5.82 Å². The van der Waals surface area contributed by atoms with Crippen LogP contribution in [0.15, 0.2) is 48.0 Å². The van der Waals surface area contributed by atoms with Crippen molar-refractivity contribution in [1.29, 1.82) is 0 Å². The highest BCUT2D eigenvalue weighted by atomic mass is 19.4. The Hall–Kier alpha value is -3.04. The first-order valence-electron chi connectivity index (χ1n) is 9.91. The molecular weight excluding hydrogens is 430 g/mol. The normalized spacial score (nSPS) is 18.6. The van der Waals surface area contributed by atoms with E-state index in [1.807, 2.05) is 0 Å². The number of alkyl halides is 3. The summed E-state index contributed by atoms with van der Waals surface area (Å²) in [5.41, 5.74) is -0.823. The van der Waals surface area contributed by atoms with E-state index in [0.717, 1.165) is 12.1 Å². The number of hydrogen-bond acceptors (Lipinski definition) is 3. The first-order chi connectivity index (χ1) is 15.0. The molecule has 0 saturated heterocycles. The van der Waals surface area contributed by atoms with E-state index in [1.165, 1.54) is 37.3 Å². The summed E-state index contributed by atoms with van der Waals surface area (Å²) in [4.78, 5) is 25.6. The van der Waals surface area contributed by atoms with Gasteiger partial charge in [-0.2, -0.15) is 13.2 Å². The van der Waals surface area contributed by atoms with Crippen molar-refractivity contribution in [2.75, 3.05) is 19.8 Å². The van der Waals surface area contributed by atoms with E-state index in [-0.39, 0.29) is 36.5 Å². The van der Waals surface area contributed by atoms with Crippen molar-refractivity contribution in [3.05, 3.63) is 70.5 Å². The highest BCUT2D eigenvalue weighted by Gasteiger charge is 2.50. The number of halogens is 4. The molecule has 1 unspecified atom stereocenters. The Morgan fingerprint density at radius 2 is 1.88 bits per heavy atom. The second-order valence-corrected chi connectivity index (χ2v) is 7.52. The maximum absolute atomic E-state index is 13.9. The first-order valence-corrected chi connectivity index (χ1v) is 9.91. The molecule has 1 aliphatic rings. The predicted molar refractivity (Wildman–Crippen MR) is 110 cm³/mol. The van der Waals surface area contributed by atoms with E-state index in [9.17, 15) is 32.3 Å². The third-order valence-corrected chi connectivity index (χ3v) is 5.54. The van der Waals surface area contributed by atoms with Crippen LogP contribution in [0.2, 0.25) is 0 Å². The lowest BCUT2D eigenvalue weighted by molar-refractivity contribution is -0.140. The van der Waals surface area contributed by atoms with Crippen molar-refractivity contribution in [3.8, 4) is 0 Å². The molecule has 1 atom stereocenters. The van der Waals surface area contributed by atoms with Gasteiger partial charge in [0, 0.05) is 23.8 Å². The second-order valence-electron chi connectivity index (χ2n) is 7.52. The number of carbonyl (C=O) groups excluding carboxylic acids is 1. The molecule has 170 valence electrons. The number of carbonyl (C=O) groups is 2. The number of hydrogen-bond donors (Lipinski definition) is 1. The van der Waals surface area contributed by atoms with Crippen LogP contribution in [0.5, 0.6) is 0 Å². The molecule has 5 nitrogen and oxygen atoms in total. The molecule has 1 heterocycles. The molecular formula is C23H22F4NO4+. The Morgan fingerprint density at radius 1 is 1.16 bits per heavy atom. The fourth-order valence-corrected chi connectivity index (χ4v) is 4.02. The summed E-state index contributed by atoms with van der Waals surface area (Å²) in [6.07, 6.45) is -4.67. The maximum Gasteiger partial charge on any atom is 0.416 e. The summed E-state index contributed by atoms with van der Waals surface area (Å²) in [6, 6.07) is 8.25. The number of amides is 1. The monoisotopic (exact) mass is 452 g/mol. The van der Waals surface area contributed by atoms with Crippen LogP contribution in [-0.2, 0) is 27.0 Å². The van der Waals surface area contributed by atoms with Crippen molar-refractivity contribution in [2.24, 2.45) is 0 Å². The Labute approximate surface area is 182 Å². The van der Waals surface area contributed by atoms with Gasteiger partial charge in [-0.05, 0) is 43.7 Å². The van der Waals surface area contributed by atoms with Gasteiger partial charge in [-0.1, -0.05) is 12.1 Å². The van der Waals surface area contributed by atoms with E-state index >= 15 is 0 Å². The molecule has 1 amide bonds. The van der Waals surface area contributed by atoms with Crippen LogP contribution in [0.3, 0.4) is 0 Å². The Balaban J connectivity index is 2.32. The molecule has 2 aromatic carbocycles. The van der Waals surface area contributed by atoms with Crippen molar-refractivity contribution in [1.82, 2.24) is 4.48 Å². The molecule has 32 heavy (non-hydrogen) atoms. The first kappa shape index (κ1) is 23.6. The van der Waals surface area contributed by atoms with Crippen LogP contribution < -0.4 is 4.48 Å². The topological polar surface area (TPSA) is 63.6 Å². The van der Waals surface area contributed by atoms with E-state index in [2.05, 4.69) is 0 Å². The molecule has 3 rings (SSSR count). The standard InChI is InChI=1S/C23H21F4NO4/c1-3-32-10-9-28(13-15-5-4-6-17(24)11-15)19-12-16(23(25,26)27)7-8-18(19)14(2)20(21(28)29)22(30)31/h4-8,11-12H,3,9-10,13H2,1-2H3/p+1. The van der Waals surface area contributed by atoms with Gasteiger partial charge in [0.25, 0.3) is 0 Å². The van der Waals surface area contributed by atoms with Crippen LogP contribution >= 0.6 is 0 Å². The van der Waals surface area contributed by atoms with Gasteiger partial charge < -0.3 is 9.84 Å². The largest absolute Gasteiger partial charge is 0.477 e. The summed E-state index contributed by atoms with van der Waals surface area (Å²) >= 11 is 0. The van der Waals surface area contributed by atoms with E-state index < -0.39 is 39.5 Å². The number of fused-ring (bicyclic) bond motifs is 1. The van der Waals surface area contributed by atoms with Crippen LogP contribution in [0.1, 0.15) is 30.5 Å². The van der Waals surface area contributed by atoms with Crippen molar-refractivity contribution in [3.63, 3.8) is 0 Å². The van der Waals surface area contributed by atoms with Gasteiger partial charge >= 0.3 is 18.1 Å². The zero-order valence-electron chi connectivity index (χ0n) is 17.5. The number of allylic oxidation sites excluding steroid dienone is 1. The van der Waals surface area contributed by atoms with Crippen molar-refractivity contribution >= 4 is 23.1 Å². The van der Waals surface area contributed by atoms with Crippen LogP contribution in [-0.4, -0.2) is 36.7 Å². The predicted octanol–water partition coefficient (Wildman–Crippen LogP) is 4.79. The maximum atomic E-state index is 13.9. The zero-order chi connectivity index (χ0) is 23.7. The molecule has 1 N–H and O–H groups in total. The fraction of sp³-hybridized carbons (Fsp3) is 0.304. The van der Waals surface area contributed by atoms with Gasteiger partial charge in [0.15, 0.2) is 5.57 Å². The smallest absolute Gasteiger partial charge is 0.416 e. The van der Waals surface area contributed by atoms with Crippen LogP contribution in [0.25, 0.3) is 5.57 Å². The minimum Gasteiger partial charge on any atom is -0.477 e. The Kier molecular flexibility index (Phi) is 6.52. The SMILES string of the molecule is CCOCC[N+]1(Cc2cccc(F)c2)C(=O)C(C(=O)O)=C(C)c2ccc(C(F)(F)F)cc21. The number of carboxylic acids is 1. The summed E-state index contributed by atoms with van der Waals surface area (Å²) in [5, 5.41) is 9.74. The molecule has 0 radical (unpaired) electrons. The minimum atomic E-state index is -4.67. The van der Waals surface area contributed by atoms with E-state index in [4.69, 9.17) is 4.74 Å². The van der Waals surface area contributed by atoms with Crippen LogP contribution in [0.4, 0.5) is 23.2 Å². The molecule has 0 spiro atoms. The minimum absolute atomic E-state index is 0.0105. The molecule has 0 saturated carbocycles. The molecule has 0 aromatic heterocycles. The number of rotatable bonds is 7. The summed E-state index contributed by atoms with van der Waals surface area (Å²) < 4.78 is 59.0. The fourth-order valence-electron chi connectivity index (χ4n) is 4.02. The number of quaternary nitrogens is 1. The number of ether oxygens (including phenoxy) is 1. The van der Waals surface area contributed by atoms with Gasteiger partial charge in [0.2, 0.25) is 0 Å². The molecule has 2 aromatic rings. The molecule has 0 bridgehead atoms. The van der Waals surface area contributed by atoms with Gasteiger partial charge in [-0.3, -0.25) is 0 Å². The third kappa shape index (κ3) is 4.31. The van der Waals surface area contributed by atoms with Gasteiger partial charge in [0.05, 0.1) is 12.2 Å². The summed E-state index contributed by atoms with van der Waals surface area (Å²) in [5.74, 6) is -2.92. The second kappa shape index (κ2) is 8.84. The number of carboxylic acid groups (broad SMARTS) is 1. The highest BCUT2D eigenvalue weighted by Crippen LogP contribution is 2.44. The third-order valence-electron chi connectivity index (χ3n) is 5.54. The highest BCUT2D eigenvalue weighted by molar-refractivity contribution is 6.26. The Morgan fingerprint density at radius 3 is 2.47 bits per heavy atom. The average Bonchev–Trinajstić information content (AvgIpc) is 2.71. The van der Waals surface area contributed by atoms with E-state index in [1.54, 1.807) is 6.92 Å². The quantitative estimate of drug-likeness (QED) is 0.284. The molecule has 9 heteroatoms. The number of aliphatic carboxylic acids is 1. The summed E-state index contributed by atoms with van der Waals surface area (Å²) in [6.45, 7) is 3.04.